The summed E-state index contributed by atoms with van der Waals surface area (Å²) in [5, 5.41) is 6.98. The SMILES string of the molecule is CC(C)c1ccc(/C=N/NC(=O)c2ccc(NC(=O)C3CCCCC3)cc2)cc1. The molecule has 2 amide bonds. The fourth-order valence-electron chi connectivity index (χ4n) is 3.51. The molecule has 29 heavy (non-hydrogen) atoms. The Morgan fingerprint density at radius 1 is 0.966 bits per heavy atom. The lowest BCUT2D eigenvalue weighted by atomic mass is 9.88. The van der Waals surface area contributed by atoms with Gasteiger partial charge in [0.25, 0.3) is 5.91 Å². The fraction of sp³-hybridized carbons (Fsp3) is 0.375. The van der Waals surface area contributed by atoms with Crippen LogP contribution in [0.5, 0.6) is 0 Å². The summed E-state index contributed by atoms with van der Waals surface area (Å²) in [4.78, 5) is 24.6. The summed E-state index contributed by atoms with van der Waals surface area (Å²) >= 11 is 0. The number of hydrogen-bond acceptors (Lipinski definition) is 3. The number of nitrogens with zero attached hydrogens (tertiary/aromatic N) is 1. The van der Waals surface area contributed by atoms with Crippen LogP contribution in [0.1, 0.15) is 73.4 Å². The maximum Gasteiger partial charge on any atom is 0.271 e. The van der Waals surface area contributed by atoms with Gasteiger partial charge in [0.1, 0.15) is 0 Å². The molecule has 0 atom stereocenters. The number of hydrogen-bond donors (Lipinski definition) is 2. The highest BCUT2D eigenvalue weighted by molar-refractivity contribution is 5.96. The summed E-state index contributed by atoms with van der Waals surface area (Å²) in [6.45, 7) is 4.30. The summed E-state index contributed by atoms with van der Waals surface area (Å²) < 4.78 is 0. The minimum Gasteiger partial charge on any atom is -0.326 e. The van der Waals surface area contributed by atoms with Gasteiger partial charge in [-0.05, 0) is 54.2 Å². The molecule has 1 saturated carbocycles. The maximum atomic E-state index is 12.3. The van der Waals surface area contributed by atoms with Gasteiger partial charge < -0.3 is 5.32 Å². The highest BCUT2D eigenvalue weighted by Crippen LogP contribution is 2.25. The zero-order chi connectivity index (χ0) is 20.6. The van der Waals surface area contributed by atoms with Crippen molar-refractivity contribution in [3.05, 3.63) is 65.2 Å². The summed E-state index contributed by atoms with van der Waals surface area (Å²) in [6, 6.07) is 15.0. The number of anilines is 1. The molecule has 1 aliphatic rings. The van der Waals surface area contributed by atoms with E-state index in [1.54, 1.807) is 30.5 Å². The molecular weight excluding hydrogens is 362 g/mol. The van der Waals surface area contributed by atoms with Gasteiger partial charge in [-0.3, -0.25) is 9.59 Å². The molecule has 152 valence electrons. The van der Waals surface area contributed by atoms with E-state index in [1.807, 2.05) is 12.1 Å². The van der Waals surface area contributed by atoms with Crippen LogP contribution in [-0.4, -0.2) is 18.0 Å². The lowest BCUT2D eigenvalue weighted by molar-refractivity contribution is -0.120. The summed E-state index contributed by atoms with van der Waals surface area (Å²) in [6.07, 6.45) is 7.02. The molecule has 1 fully saturated rings. The van der Waals surface area contributed by atoms with Gasteiger partial charge in [-0.15, -0.1) is 0 Å². The molecule has 0 bridgehead atoms. The van der Waals surface area contributed by atoms with Crippen molar-refractivity contribution in [3.63, 3.8) is 0 Å². The number of rotatable bonds is 6. The zero-order valence-electron chi connectivity index (χ0n) is 17.2. The number of carbonyl (C=O) groups is 2. The molecule has 1 aliphatic carbocycles. The fourth-order valence-corrected chi connectivity index (χ4v) is 3.51. The van der Waals surface area contributed by atoms with Gasteiger partial charge in [0, 0.05) is 17.2 Å². The second kappa shape index (κ2) is 10.0. The van der Waals surface area contributed by atoms with E-state index in [4.69, 9.17) is 0 Å². The Balaban J connectivity index is 1.51. The molecule has 0 spiro atoms. The van der Waals surface area contributed by atoms with Crippen molar-refractivity contribution in [2.24, 2.45) is 11.0 Å². The molecule has 2 aromatic rings. The normalized spacial score (nSPS) is 14.9. The van der Waals surface area contributed by atoms with Gasteiger partial charge in [0.2, 0.25) is 5.91 Å². The lowest BCUT2D eigenvalue weighted by Crippen LogP contribution is -2.24. The summed E-state index contributed by atoms with van der Waals surface area (Å²) in [7, 11) is 0. The third-order valence-corrected chi connectivity index (χ3v) is 5.37. The molecule has 0 heterocycles. The highest BCUT2D eigenvalue weighted by Gasteiger charge is 2.21. The Morgan fingerprint density at radius 3 is 2.24 bits per heavy atom. The van der Waals surface area contributed by atoms with Crippen molar-refractivity contribution in [2.75, 3.05) is 5.32 Å². The molecule has 0 aromatic heterocycles. The van der Waals surface area contributed by atoms with Crippen LogP contribution in [0.3, 0.4) is 0 Å². The molecule has 0 saturated heterocycles. The Hall–Kier alpha value is -2.95. The van der Waals surface area contributed by atoms with Crippen molar-refractivity contribution in [2.45, 2.75) is 51.9 Å². The van der Waals surface area contributed by atoms with E-state index < -0.39 is 0 Å². The van der Waals surface area contributed by atoms with Crippen LogP contribution in [0.25, 0.3) is 0 Å². The lowest BCUT2D eigenvalue weighted by Gasteiger charge is -2.20. The van der Waals surface area contributed by atoms with Crippen molar-refractivity contribution in [1.82, 2.24) is 5.43 Å². The predicted octanol–water partition coefficient (Wildman–Crippen LogP) is 5.09. The van der Waals surface area contributed by atoms with Crippen LogP contribution in [0.4, 0.5) is 5.69 Å². The molecule has 2 N–H and O–H groups in total. The number of nitrogens with one attached hydrogen (secondary N) is 2. The first-order valence-corrected chi connectivity index (χ1v) is 10.4. The van der Waals surface area contributed by atoms with E-state index in [-0.39, 0.29) is 17.7 Å². The third kappa shape index (κ3) is 6.01. The standard InChI is InChI=1S/C24H29N3O2/c1-17(2)19-10-8-18(9-11-19)16-25-27-24(29)21-12-14-22(15-13-21)26-23(28)20-6-4-3-5-7-20/h8-17,20H,3-7H2,1-2H3,(H,26,28)(H,27,29)/b25-16+. The van der Waals surface area contributed by atoms with Crippen molar-refractivity contribution < 1.29 is 9.59 Å². The van der Waals surface area contributed by atoms with Gasteiger partial charge in [0.15, 0.2) is 0 Å². The van der Waals surface area contributed by atoms with Gasteiger partial charge >= 0.3 is 0 Å². The average Bonchev–Trinajstić information content (AvgIpc) is 2.75. The third-order valence-electron chi connectivity index (χ3n) is 5.37. The maximum absolute atomic E-state index is 12.3. The monoisotopic (exact) mass is 391 g/mol. The first-order chi connectivity index (χ1) is 14.0. The minimum absolute atomic E-state index is 0.0787. The van der Waals surface area contributed by atoms with Gasteiger partial charge in [-0.25, -0.2) is 5.43 Å². The predicted molar refractivity (Wildman–Crippen MR) is 117 cm³/mol. The van der Waals surface area contributed by atoms with E-state index in [9.17, 15) is 9.59 Å². The molecule has 5 nitrogen and oxygen atoms in total. The number of hydrazone groups is 1. The molecule has 0 aliphatic heterocycles. The van der Waals surface area contributed by atoms with Crippen LogP contribution in [-0.2, 0) is 4.79 Å². The van der Waals surface area contributed by atoms with Crippen LogP contribution < -0.4 is 10.7 Å². The van der Waals surface area contributed by atoms with E-state index >= 15 is 0 Å². The van der Waals surface area contributed by atoms with Crippen LogP contribution in [0.2, 0.25) is 0 Å². The quantitative estimate of drug-likeness (QED) is 0.532. The van der Waals surface area contributed by atoms with E-state index in [0.717, 1.165) is 31.2 Å². The van der Waals surface area contributed by atoms with Crippen LogP contribution in [0.15, 0.2) is 53.6 Å². The van der Waals surface area contributed by atoms with Crippen molar-refractivity contribution in [3.8, 4) is 0 Å². The zero-order valence-corrected chi connectivity index (χ0v) is 17.2. The number of amides is 2. The first-order valence-electron chi connectivity index (χ1n) is 10.4. The Labute approximate surface area is 172 Å². The number of carbonyl (C=O) groups excluding carboxylic acids is 2. The van der Waals surface area contributed by atoms with Gasteiger partial charge in [-0.2, -0.15) is 5.10 Å². The van der Waals surface area contributed by atoms with Crippen molar-refractivity contribution >= 4 is 23.7 Å². The Bertz CT molecular complexity index is 849. The molecule has 0 unspecified atom stereocenters. The molecular formula is C24H29N3O2. The minimum atomic E-state index is -0.287. The topological polar surface area (TPSA) is 70.6 Å². The average molecular weight is 392 g/mol. The highest BCUT2D eigenvalue weighted by atomic mass is 16.2. The Morgan fingerprint density at radius 2 is 1.62 bits per heavy atom. The van der Waals surface area contributed by atoms with E-state index in [1.165, 1.54) is 12.0 Å². The van der Waals surface area contributed by atoms with E-state index in [2.05, 4.69) is 41.8 Å². The van der Waals surface area contributed by atoms with Crippen LogP contribution in [0, 0.1) is 5.92 Å². The van der Waals surface area contributed by atoms with Crippen molar-refractivity contribution in [1.29, 1.82) is 0 Å². The molecule has 2 aromatic carbocycles. The Kier molecular flexibility index (Phi) is 7.17. The first kappa shape index (κ1) is 20.8. The summed E-state index contributed by atoms with van der Waals surface area (Å²) in [5.41, 5.74) is 5.94. The second-order valence-electron chi connectivity index (χ2n) is 7.92. The molecule has 0 radical (unpaired) electrons. The summed E-state index contributed by atoms with van der Waals surface area (Å²) in [5.74, 6) is 0.381. The van der Waals surface area contributed by atoms with E-state index in [0.29, 0.717) is 17.2 Å². The molecule has 3 rings (SSSR count). The van der Waals surface area contributed by atoms with Crippen LogP contribution >= 0.6 is 0 Å². The largest absolute Gasteiger partial charge is 0.326 e. The molecule has 5 heteroatoms. The second-order valence-corrected chi connectivity index (χ2v) is 7.92. The van der Waals surface area contributed by atoms with Gasteiger partial charge in [-0.1, -0.05) is 57.4 Å². The van der Waals surface area contributed by atoms with Gasteiger partial charge in [0.05, 0.1) is 6.21 Å². The smallest absolute Gasteiger partial charge is 0.271 e. The number of benzene rings is 2.